The molecule has 60 heavy (non-hydrogen) atoms. The third-order valence-corrected chi connectivity index (χ3v) is 11.7. The van der Waals surface area contributed by atoms with Crippen molar-refractivity contribution in [3.63, 3.8) is 0 Å². The molecule has 3 N–H and O–H groups in total. The number of amides is 1. The van der Waals surface area contributed by atoms with Gasteiger partial charge in [0.1, 0.15) is 6.10 Å². The third kappa shape index (κ3) is 42.5. The molecule has 6 nitrogen and oxygen atoms in total. The first kappa shape index (κ1) is 57.8. The van der Waals surface area contributed by atoms with E-state index in [1.165, 1.54) is 122 Å². The van der Waals surface area contributed by atoms with Crippen LogP contribution in [0, 0.1) is 0 Å². The van der Waals surface area contributed by atoms with E-state index in [1.807, 2.05) is 0 Å². The molecular weight excluding hydrogens is 743 g/mol. The lowest BCUT2D eigenvalue weighted by molar-refractivity contribution is -0.151. The van der Waals surface area contributed by atoms with Gasteiger partial charge < -0.3 is 20.3 Å². The van der Waals surface area contributed by atoms with E-state index in [-0.39, 0.29) is 24.9 Å². The molecule has 0 heterocycles. The van der Waals surface area contributed by atoms with E-state index >= 15 is 0 Å². The van der Waals surface area contributed by atoms with Crippen molar-refractivity contribution in [1.82, 2.24) is 5.32 Å². The number of esters is 1. The van der Waals surface area contributed by atoms with E-state index < -0.39 is 18.2 Å². The van der Waals surface area contributed by atoms with Gasteiger partial charge >= 0.3 is 5.97 Å². The van der Waals surface area contributed by atoms with Gasteiger partial charge in [-0.3, -0.25) is 9.59 Å². The van der Waals surface area contributed by atoms with Crippen LogP contribution in [0.1, 0.15) is 258 Å². The Morgan fingerprint density at radius 3 is 1.42 bits per heavy atom. The number of rotatable bonds is 46. The summed E-state index contributed by atoms with van der Waals surface area (Å²) in [6, 6.07) is -0.708. The van der Waals surface area contributed by atoms with Crippen LogP contribution in [-0.4, -0.2) is 46.9 Å². The van der Waals surface area contributed by atoms with Crippen LogP contribution in [0.3, 0.4) is 0 Å². The highest BCUT2D eigenvalue weighted by atomic mass is 16.5. The molecule has 6 heteroatoms. The van der Waals surface area contributed by atoms with E-state index in [0.29, 0.717) is 19.3 Å². The van der Waals surface area contributed by atoms with Crippen molar-refractivity contribution in [2.24, 2.45) is 0 Å². The Morgan fingerprint density at radius 2 is 0.917 bits per heavy atom. The smallest absolute Gasteiger partial charge is 0.306 e. The summed E-state index contributed by atoms with van der Waals surface area (Å²) in [5.74, 6) is -0.501. The summed E-state index contributed by atoms with van der Waals surface area (Å²) >= 11 is 0. The molecule has 0 aliphatic carbocycles. The highest BCUT2D eigenvalue weighted by Gasteiger charge is 2.24. The average Bonchev–Trinajstić information content (AvgIpc) is 3.24. The quantitative estimate of drug-likeness (QED) is 0.0246. The van der Waals surface area contributed by atoms with Crippen LogP contribution in [0.25, 0.3) is 0 Å². The van der Waals surface area contributed by atoms with Crippen LogP contribution in [0.15, 0.2) is 48.6 Å². The zero-order valence-electron chi connectivity index (χ0n) is 39.8. The summed E-state index contributed by atoms with van der Waals surface area (Å²) in [6.07, 6.45) is 57.4. The van der Waals surface area contributed by atoms with Crippen molar-refractivity contribution in [1.29, 1.82) is 0 Å². The average molecular weight is 842 g/mol. The number of allylic oxidation sites excluding steroid dienone is 8. The normalized spacial score (nSPS) is 13.6. The number of hydrogen-bond acceptors (Lipinski definition) is 5. The molecule has 0 aromatic carbocycles. The summed E-state index contributed by atoms with van der Waals surface area (Å²) in [6.45, 7) is 6.34. The molecule has 3 atom stereocenters. The first-order valence-corrected chi connectivity index (χ1v) is 25.9. The van der Waals surface area contributed by atoms with Crippen molar-refractivity contribution >= 4 is 11.9 Å². The van der Waals surface area contributed by atoms with Gasteiger partial charge in [-0.05, 0) is 70.6 Å². The zero-order valence-corrected chi connectivity index (χ0v) is 39.8. The van der Waals surface area contributed by atoms with Crippen LogP contribution in [0.2, 0.25) is 0 Å². The molecule has 0 rings (SSSR count). The van der Waals surface area contributed by atoms with Crippen molar-refractivity contribution in [2.75, 3.05) is 6.61 Å². The predicted molar refractivity (Wildman–Crippen MR) is 259 cm³/mol. The fourth-order valence-corrected chi connectivity index (χ4v) is 7.78. The molecule has 0 spiro atoms. The number of carbonyl (C=O) groups excluding carboxylic acids is 2. The number of aliphatic hydroxyl groups is 2. The fourth-order valence-electron chi connectivity index (χ4n) is 7.78. The SMILES string of the molecule is CC/C=C/C=C/C=C\CCCCCCCC(=O)OC(CCCCCCC/C=C\CCCCCC)CC(=O)NC(CO)C(O)CCCCCCCCCCCCCCCCC. The van der Waals surface area contributed by atoms with Gasteiger partial charge in [-0.1, -0.05) is 223 Å². The van der Waals surface area contributed by atoms with Crippen LogP contribution < -0.4 is 5.32 Å². The standard InChI is InChI=1S/C54H99NO5/c1-4-7-10-13-16-19-22-25-26-29-31-34-37-40-43-46-52(57)51(49-56)55-53(58)48-50(45-42-39-36-33-30-27-23-20-17-14-11-8-5-2)60-54(59)47-44-41-38-35-32-28-24-21-18-15-12-9-6-3/h9,12,15,18,20-21,23-24,50-52,56-57H,4-8,10-11,13-14,16-17,19,22,25-49H2,1-3H3,(H,55,58)/b12-9+,18-15+,23-20-,24-21-. The van der Waals surface area contributed by atoms with Gasteiger partial charge in [0.15, 0.2) is 0 Å². The highest BCUT2D eigenvalue weighted by molar-refractivity contribution is 5.77. The third-order valence-electron chi connectivity index (χ3n) is 11.7. The van der Waals surface area contributed by atoms with Crippen LogP contribution in [-0.2, 0) is 14.3 Å². The summed E-state index contributed by atoms with van der Waals surface area (Å²) < 4.78 is 5.92. The molecule has 1 amide bonds. The molecule has 0 radical (unpaired) electrons. The van der Waals surface area contributed by atoms with Crippen molar-refractivity contribution < 1.29 is 24.5 Å². The summed E-state index contributed by atoms with van der Waals surface area (Å²) in [4.78, 5) is 26.1. The second-order valence-electron chi connectivity index (χ2n) is 17.6. The molecular formula is C54H99NO5. The predicted octanol–water partition coefficient (Wildman–Crippen LogP) is 15.5. The monoisotopic (exact) mass is 842 g/mol. The first-order chi connectivity index (χ1) is 29.5. The summed E-state index contributed by atoms with van der Waals surface area (Å²) in [5.41, 5.74) is 0. The molecule has 0 aliphatic rings. The minimum Gasteiger partial charge on any atom is -0.462 e. The van der Waals surface area contributed by atoms with Gasteiger partial charge in [-0.2, -0.15) is 0 Å². The Kier molecular flexibility index (Phi) is 46.1. The first-order valence-electron chi connectivity index (χ1n) is 25.9. The number of unbranched alkanes of at least 4 members (excludes halogenated alkanes) is 28. The van der Waals surface area contributed by atoms with E-state index in [0.717, 1.165) is 89.9 Å². The number of ether oxygens (including phenoxy) is 1. The Hall–Kier alpha value is -2.18. The second kappa shape index (κ2) is 47.9. The van der Waals surface area contributed by atoms with Gasteiger partial charge in [0.05, 0.1) is 25.2 Å². The molecule has 0 aromatic heterocycles. The molecule has 0 saturated heterocycles. The number of carbonyl (C=O) groups is 2. The van der Waals surface area contributed by atoms with Gasteiger partial charge in [0, 0.05) is 6.42 Å². The van der Waals surface area contributed by atoms with E-state index in [4.69, 9.17) is 4.74 Å². The zero-order chi connectivity index (χ0) is 43.8. The van der Waals surface area contributed by atoms with E-state index in [9.17, 15) is 19.8 Å². The Bertz CT molecular complexity index is 1040. The van der Waals surface area contributed by atoms with Crippen molar-refractivity contribution in [3.05, 3.63) is 48.6 Å². The summed E-state index contributed by atoms with van der Waals surface area (Å²) in [5, 5.41) is 23.8. The Morgan fingerprint density at radius 1 is 0.500 bits per heavy atom. The largest absolute Gasteiger partial charge is 0.462 e. The second-order valence-corrected chi connectivity index (χ2v) is 17.6. The number of hydrogen-bond donors (Lipinski definition) is 3. The molecule has 0 aliphatic heterocycles. The van der Waals surface area contributed by atoms with Crippen LogP contribution in [0.4, 0.5) is 0 Å². The molecule has 0 aromatic rings. The molecule has 350 valence electrons. The number of nitrogens with one attached hydrogen (secondary N) is 1. The van der Waals surface area contributed by atoms with E-state index in [1.54, 1.807) is 0 Å². The van der Waals surface area contributed by atoms with Gasteiger partial charge in [0.25, 0.3) is 0 Å². The van der Waals surface area contributed by atoms with Crippen molar-refractivity contribution in [3.8, 4) is 0 Å². The van der Waals surface area contributed by atoms with E-state index in [2.05, 4.69) is 74.7 Å². The lowest BCUT2D eigenvalue weighted by Crippen LogP contribution is -2.46. The molecule has 0 bridgehead atoms. The topological polar surface area (TPSA) is 95.9 Å². The van der Waals surface area contributed by atoms with Gasteiger partial charge in [0.2, 0.25) is 5.91 Å². The lowest BCUT2D eigenvalue weighted by Gasteiger charge is -2.24. The van der Waals surface area contributed by atoms with Crippen LogP contribution in [0.5, 0.6) is 0 Å². The molecule has 0 fully saturated rings. The number of aliphatic hydroxyl groups excluding tert-OH is 2. The highest BCUT2D eigenvalue weighted by Crippen LogP contribution is 2.18. The van der Waals surface area contributed by atoms with Crippen molar-refractivity contribution in [2.45, 2.75) is 277 Å². The minimum absolute atomic E-state index is 0.0641. The fraction of sp³-hybridized carbons (Fsp3) is 0.815. The maximum atomic E-state index is 13.2. The van der Waals surface area contributed by atoms with Gasteiger partial charge in [-0.15, -0.1) is 0 Å². The molecule has 0 saturated carbocycles. The Balaban J connectivity index is 4.57. The minimum atomic E-state index is -0.793. The Labute approximate surface area is 372 Å². The lowest BCUT2D eigenvalue weighted by atomic mass is 10.0. The van der Waals surface area contributed by atoms with Crippen LogP contribution >= 0.6 is 0 Å². The maximum Gasteiger partial charge on any atom is 0.306 e. The maximum absolute atomic E-state index is 13.2. The summed E-state index contributed by atoms with van der Waals surface area (Å²) in [7, 11) is 0. The molecule has 3 unspecified atom stereocenters. The van der Waals surface area contributed by atoms with Gasteiger partial charge in [-0.25, -0.2) is 0 Å².